The molecule has 5 aromatic rings. The smallest absolute Gasteiger partial charge is 0.256 e. The third-order valence-corrected chi connectivity index (χ3v) is 5.06. The van der Waals surface area contributed by atoms with Crippen molar-refractivity contribution in [2.24, 2.45) is 0 Å². The highest BCUT2D eigenvalue weighted by atomic mass is 16.1. The summed E-state index contributed by atoms with van der Waals surface area (Å²) in [5, 5.41) is 2.89. The number of hydrogen-bond acceptors (Lipinski definition) is 4. The highest BCUT2D eigenvalue weighted by molar-refractivity contribution is 6.07. The average molecular weight is 405 g/mol. The summed E-state index contributed by atoms with van der Waals surface area (Å²) in [6.07, 6.45) is 3.17. The van der Waals surface area contributed by atoms with Crippen LogP contribution in [0.4, 0.5) is 5.82 Å². The molecule has 1 N–H and O–H groups in total. The number of hydrogen-bond donors (Lipinski definition) is 1. The number of fused-ring (bicyclic) bond motifs is 1. The predicted molar refractivity (Wildman–Crippen MR) is 121 cm³/mol. The third-order valence-electron chi connectivity index (χ3n) is 5.06. The van der Waals surface area contributed by atoms with Gasteiger partial charge in [-0.2, -0.15) is 0 Å². The van der Waals surface area contributed by atoms with Gasteiger partial charge in [-0.25, -0.2) is 15.0 Å². The summed E-state index contributed by atoms with van der Waals surface area (Å²) in [6.45, 7) is 0.640. The van der Waals surface area contributed by atoms with Crippen LogP contribution in [0.2, 0.25) is 0 Å². The first-order valence-corrected chi connectivity index (χ1v) is 9.94. The van der Waals surface area contributed by atoms with Crippen LogP contribution in [0.3, 0.4) is 0 Å². The van der Waals surface area contributed by atoms with E-state index in [1.807, 2.05) is 71.3 Å². The molecular weight excluding hydrogens is 386 g/mol. The van der Waals surface area contributed by atoms with Crippen LogP contribution in [0, 0.1) is 0 Å². The van der Waals surface area contributed by atoms with Gasteiger partial charge in [0.25, 0.3) is 5.91 Å². The van der Waals surface area contributed by atoms with Gasteiger partial charge in [0.1, 0.15) is 6.33 Å². The quantitative estimate of drug-likeness (QED) is 0.456. The molecule has 3 aromatic carbocycles. The molecule has 6 heteroatoms. The minimum absolute atomic E-state index is 0.240. The summed E-state index contributed by atoms with van der Waals surface area (Å²) < 4.78 is 1.94. The van der Waals surface area contributed by atoms with Crippen LogP contribution in [0.1, 0.15) is 15.9 Å². The zero-order chi connectivity index (χ0) is 21.0. The second-order valence-corrected chi connectivity index (χ2v) is 7.15. The molecule has 0 saturated carbocycles. The number of anilines is 1. The molecule has 0 aliphatic carbocycles. The number of amides is 1. The minimum atomic E-state index is -0.240. The number of rotatable bonds is 5. The Morgan fingerprint density at radius 2 is 1.55 bits per heavy atom. The third kappa shape index (κ3) is 3.91. The fourth-order valence-electron chi connectivity index (χ4n) is 3.52. The standard InChI is InChI=1S/C25H19N5O/c31-25(21-13-7-12-20(14-21)19-10-5-2-6-11-19)29-23-22-24(27-16-26-23)30(17-28-22)15-18-8-3-1-4-9-18/h1-14,16-17H,15H2,(H,26,27,29,31). The summed E-state index contributed by atoms with van der Waals surface area (Å²) in [7, 11) is 0. The van der Waals surface area contributed by atoms with E-state index in [-0.39, 0.29) is 5.91 Å². The van der Waals surface area contributed by atoms with Crippen molar-refractivity contribution in [3.8, 4) is 11.1 Å². The zero-order valence-electron chi connectivity index (χ0n) is 16.6. The number of carbonyl (C=O) groups excluding carboxylic acids is 1. The van der Waals surface area contributed by atoms with E-state index in [0.29, 0.717) is 29.1 Å². The van der Waals surface area contributed by atoms with Crippen molar-refractivity contribution in [1.29, 1.82) is 0 Å². The van der Waals surface area contributed by atoms with Gasteiger partial charge in [-0.1, -0.05) is 72.8 Å². The summed E-state index contributed by atoms with van der Waals surface area (Å²) >= 11 is 0. The first-order chi connectivity index (χ1) is 15.3. The fourth-order valence-corrected chi connectivity index (χ4v) is 3.52. The lowest BCUT2D eigenvalue weighted by Crippen LogP contribution is -2.13. The van der Waals surface area contributed by atoms with E-state index in [4.69, 9.17) is 0 Å². The van der Waals surface area contributed by atoms with Gasteiger partial charge in [0.15, 0.2) is 17.0 Å². The Bertz CT molecular complexity index is 1350. The summed E-state index contributed by atoms with van der Waals surface area (Å²) in [6, 6.07) is 27.6. The monoisotopic (exact) mass is 405 g/mol. The van der Waals surface area contributed by atoms with Crippen molar-refractivity contribution in [2.45, 2.75) is 6.54 Å². The minimum Gasteiger partial charge on any atom is -0.311 e. The molecule has 0 unspecified atom stereocenters. The number of nitrogens with zero attached hydrogens (tertiary/aromatic N) is 4. The maximum atomic E-state index is 12.9. The summed E-state index contributed by atoms with van der Waals surface area (Å²) in [5.74, 6) is 0.155. The number of imidazole rings is 1. The SMILES string of the molecule is O=C(Nc1ncnc2c1ncn2Cc1ccccc1)c1cccc(-c2ccccc2)c1. The number of nitrogens with one attached hydrogen (secondary N) is 1. The lowest BCUT2D eigenvalue weighted by Gasteiger charge is -2.08. The number of aromatic nitrogens is 4. The maximum Gasteiger partial charge on any atom is 0.256 e. The Morgan fingerprint density at radius 3 is 2.35 bits per heavy atom. The molecular formula is C25H19N5O. The van der Waals surface area contributed by atoms with Gasteiger partial charge < -0.3 is 9.88 Å². The van der Waals surface area contributed by atoms with Crippen LogP contribution in [0.15, 0.2) is 97.6 Å². The molecule has 0 atom stereocenters. The molecule has 2 aromatic heterocycles. The van der Waals surface area contributed by atoms with Crippen LogP contribution in [-0.2, 0) is 6.54 Å². The van der Waals surface area contributed by atoms with E-state index >= 15 is 0 Å². The molecule has 0 radical (unpaired) electrons. The van der Waals surface area contributed by atoms with Crippen LogP contribution in [0.5, 0.6) is 0 Å². The van der Waals surface area contributed by atoms with Crippen LogP contribution in [-0.4, -0.2) is 25.4 Å². The molecule has 0 spiro atoms. The van der Waals surface area contributed by atoms with E-state index < -0.39 is 0 Å². The Balaban J connectivity index is 1.41. The molecule has 150 valence electrons. The molecule has 0 bridgehead atoms. The molecule has 6 nitrogen and oxygen atoms in total. The molecule has 1 amide bonds. The predicted octanol–water partition coefficient (Wildman–Crippen LogP) is 4.79. The molecule has 5 rings (SSSR count). The van der Waals surface area contributed by atoms with Crippen LogP contribution >= 0.6 is 0 Å². The van der Waals surface area contributed by atoms with Gasteiger partial charge in [0.05, 0.1) is 12.9 Å². The lowest BCUT2D eigenvalue weighted by molar-refractivity contribution is 0.102. The Hall–Kier alpha value is -4.32. The summed E-state index contributed by atoms with van der Waals surface area (Å²) in [4.78, 5) is 26.0. The van der Waals surface area contributed by atoms with E-state index in [0.717, 1.165) is 16.7 Å². The van der Waals surface area contributed by atoms with E-state index in [2.05, 4.69) is 32.4 Å². The molecule has 2 heterocycles. The van der Waals surface area contributed by atoms with E-state index in [1.54, 1.807) is 12.4 Å². The van der Waals surface area contributed by atoms with Crippen molar-refractivity contribution < 1.29 is 4.79 Å². The van der Waals surface area contributed by atoms with Crippen molar-refractivity contribution in [3.05, 3.63) is 109 Å². The van der Waals surface area contributed by atoms with Gasteiger partial charge in [0.2, 0.25) is 0 Å². The normalized spacial score (nSPS) is 10.8. The lowest BCUT2D eigenvalue weighted by atomic mass is 10.0. The van der Waals surface area contributed by atoms with Crippen molar-refractivity contribution >= 4 is 22.9 Å². The van der Waals surface area contributed by atoms with Gasteiger partial charge in [-0.3, -0.25) is 4.79 Å². The first kappa shape index (κ1) is 18.7. The van der Waals surface area contributed by atoms with E-state index in [9.17, 15) is 4.79 Å². The fraction of sp³-hybridized carbons (Fsp3) is 0.0400. The Kier molecular flexibility index (Phi) is 4.94. The number of benzene rings is 3. The van der Waals surface area contributed by atoms with Gasteiger partial charge in [-0.05, 0) is 28.8 Å². The first-order valence-electron chi connectivity index (χ1n) is 9.94. The van der Waals surface area contributed by atoms with Crippen LogP contribution in [0.25, 0.3) is 22.3 Å². The van der Waals surface area contributed by atoms with Crippen LogP contribution < -0.4 is 5.32 Å². The van der Waals surface area contributed by atoms with Crippen molar-refractivity contribution in [2.75, 3.05) is 5.32 Å². The molecule has 0 saturated heterocycles. The zero-order valence-corrected chi connectivity index (χ0v) is 16.6. The average Bonchev–Trinajstić information content (AvgIpc) is 3.24. The molecule has 0 aliphatic rings. The van der Waals surface area contributed by atoms with E-state index in [1.165, 1.54) is 6.33 Å². The number of carbonyl (C=O) groups is 1. The molecule has 0 fully saturated rings. The largest absolute Gasteiger partial charge is 0.311 e. The van der Waals surface area contributed by atoms with Gasteiger partial charge >= 0.3 is 0 Å². The molecule has 31 heavy (non-hydrogen) atoms. The second kappa shape index (κ2) is 8.20. The molecule has 0 aliphatic heterocycles. The maximum absolute atomic E-state index is 12.9. The summed E-state index contributed by atoms with van der Waals surface area (Å²) in [5.41, 5.74) is 4.97. The highest BCUT2D eigenvalue weighted by Gasteiger charge is 2.14. The van der Waals surface area contributed by atoms with Gasteiger partial charge in [0, 0.05) is 5.56 Å². The van der Waals surface area contributed by atoms with Crippen molar-refractivity contribution in [1.82, 2.24) is 19.5 Å². The highest BCUT2D eigenvalue weighted by Crippen LogP contribution is 2.22. The Morgan fingerprint density at radius 1 is 0.806 bits per heavy atom. The van der Waals surface area contributed by atoms with Gasteiger partial charge in [-0.15, -0.1) is 0 Å². The second-order valence-electron chi connectivity index (χ2n) is 7.15. The topological polar surface area (TPSA) is 72.7 Å². The van der Waals surface area contributed by atoms with Crippen molar-refractivity contribution in [3.63, 3.8) is 0 Å². The Labute approximate surface area is 179 Å².